The van der Waals surface area contributed by atoms with E-state index in [0.29, 0.717) is 6.61 Å². The lowest BCUT2D eigenvalue weighted by molar-refractivity contribution is 0.0614. The minimum atomic E-state index is 0.253. The average molecular weight is 236 g/mol. The van der Waals surface area contributed by atoms with Crippen LogP contribution in [0.1, 0.15) is 43.8 Å². The van der Waals surface area contributed by atoms with E-state index in [9.17, 15) is 0 Å². The van der Waals surface area contributed by atoms with Gasteiger partial charge >= 0.3 is 0 Å². The van der Waals surface area contributed by atoms with Crippen LogP contribution in [0.2, 0.25) is 0 Å². The summed E-state index contributed by atoms with van der Waals surface area (Å²) in [5.41, 5.74) is 3.39. The maximum Gasteiger partial charge on any atom is 0.0664 e. The van der Waals surface area contributed by atoms with Gasteiger partial charge in [-0.15, -0.1) is 0 Å². The van der Waals surface area contributed by atoms with Crippen molar-refractivity contribution < 1.29 is 4.74 Å². The number of nitrogens with one attached hydrogen (secondary N) is 1. The lowest BCUT2D eigenvalue weighted by atomic mass is 10.1. The standard InChI is InChI=1S/C14H24N2O/c1-6-15-14(9-17-10(2)3)13-7-11(4)16-12(5)8-13/h7-8,10,14-15H,6,9H2,1-5H3. The molecule has 0 aromatic carbocycles. The summed E-state index contributed by atoms with van der Waals surface area (Å²) < 4.78 is 5.71. The lowest BCUT2D eigenvalue weighted by Gasteiger charge is -2.20. The third-order valence-electron chi connectivity index (χ3n) is 2.55. The molecule has 0 aliphatic rings. The Morgan fingerprint density at radius 3 is 2.29 bits per heavy atom. The Hall–Kier alpha value is -0.930. The summed E-state index contributed by atoms with van der Waals surface area (Å²) >= 11 is 0. The Balaban J connectivity index is 2.80. The molecule has 0 aliphatic carbocycles. The van der Waals surface area contributed by atoms with Crippen LogP contribution in [-0.4, -0.2) is 24.2 Å². The molecule has 3 heteroatoms. The second kappa shape index (κ2) is 6.72. The zero-order valence-electron chi connectivity index (χ0n) is 11.6. The predicted molar refractivity (Wildman–Crippen MR) is 71.2 cm³/mol. The molecule has 0 saturated carbocycles. The van der Waals surface area contributed by atoms with Crippen molar-refractivity contribution in [2.45, 2.75) is 46.8 Å². The maximum absolute atomic E-state index is 5.71. The van der Waals surface area contributed by atoms with Gasteiger partial charge in [-0.1, -0.05) is 6.92 Å². The van der Waals surface area contributed by atoms with Gasteiger partial charge in [0.15, 0.2) is 0 Å². The molecule has 1 N–H and O–H groups in total. The molecule has 96 valence electrons. The van der Waals surface area contributed by atoms with Crippen molar-refractivity contribution in [3.05, 3.63) is 29.1 Å². The zero-order valence-corrected chi connectivity index (χ0v) is 11.6. The summed E-state index contributed by atoms with van der Waals surface area (Å²) in [5, 5.41) is 3.46. The van der Waals surface area contributed by atoms with E-state index >= 15 is 0 Å². The second-order valence-electron chi connectivity index (χ2n) is 4.68. The molecular formula is C14H24N2O. The van der Waals surface area contributed by atoms with Gasteiger partial charge in [0, 0.05) is 11.4 Å². The van der Waals surface area contributed by atoms with Crippen molar-refractivity contribution in [3.8, 4) is 0 Å². The Bertz CT molecular complexity index is 330. The fraction of sp³-hybridized carbons (Fsp3) is 0.643. The molecule has 1 aromatic heterocycles. The smallest absolute Gasteiger partial charge is 0.0664 e. The van der Waals surface area contributed by atoms with E-state index in [2.05, 4.69) is 43.2 Å². The van der Waals surface area contributed by atoms with Gasteiger partial charge in [0.05, 0.1) is 18.8 Å². The van der Waals surface area contributed by atoms with E-state index in [1.54, 1.807) is 0 Å². The van der Waals surface area contributed by atoms with Crippen LogP contribution in [0, 0.1) is 13.8 Å². The molecule has 1 rings (SSSR count). The first-order valence-electron chi connectivity index (χ1n) is 6.33. The highest BCUT2D eigenvalue weighted by atomic mass is 16.5. The number of rotatable bonds is 6. The molecule has 1 aromatic rings. The van der Waals surface area contributed by atoms with Crippen LogP contribution in [-0.2, 0) is 4.74 Å². The van der Waals surface area contributed by atoms with Gasteiger partial charge in [-0.3, -0.25) is 4.98 Å². The number of hydrogen-bond acceptors (Lipinski definition) is 3. The number of aromatic nitrogens is 1. The zero-order chi connectivity index (χ0) is 12.8. The SMILES string of the molecule is CCNC(COC(C)C)c1cc(C)nc(C)c1. The van der Waals surface area contributed by atoms with Gasteiger partial charge in [-0.2, -0.15) is 0 Å². The Kier molecular flexibility index (Phi) is 5.59. The number of aryl methyl sites for hydroxylation is 2. The molecule has 17 heavy (non-hydrogen) atoms. The van der Waals surface area contributed by atoms with Gasteiger partial charge in [0.25, 0.3) is 0 Å². The van der Waals surface area contributed by atoms with E-state index in [4.69, 9.17) is 4.74 Å². The summed E-state index contributed by atoms with van der Waals surface area (Å²) in [7, 11) is 0. The number of hydrogen-bond donors (Lipinski definition) is 1. The lowest BCUT2D eigenvalue weighted by Crippen LogP contribution is -2.27. The largest absolute Gasteiger partial charge is 0.377 e. The van der Waals surface area contributed by atoms with E-state index in [1.165, 1.54) is 5.56 Å². The van der Waals surface area contributed by atoms with Crippen molar-refractivity contribution in [1.29, 1.82) is 0 Å². The molecule has 3 nitrogen and oxygen atoms in total. The molecule has 0 amide bonds. The van der Waals surface area contributed by atoms with Crippen LogP contribution in [0.4, 0.5) is 0 Å². The van der Waals surface area contributed by atoms with E-state index in [0.717, 1.165) is 17.9 Å². The van der Waals surface area contributed by atoms with Crippen LogP contribution in [0.3, 0.4) is 0 Å². The summed E-state index contributed by atoms with van der Waals surface area (Å²) in [6, 6.07) is 4.51. The highest BCUT2D eigenvalue weighted by molar-refractivity contribution is 5.23. The number of likely N-dealkylation sites (N-methyl/N-ethyl adjacent to an activating group) is 1. The third-order valence-corrected chi connectivity index (χ3v) is 2.55. The van der Waals surface area contributed by atoms with Gasteiger partial charge in [-0.05, 0) is 51.9 Å². The molecule has 1 atom stereocenters. The molecule has 0 bridgehead atoms. The first kappa shape index (κ1) is 14.1. The van der Waals surface area contributed by atoms with Crippen molar-refractivity contribution in [2.24, 2.45) is 0 Å². The first-order valence-corrected chi connectivity index (χ1v) is 6.33. The molecule has 1 unspecified atom stereocenters. The summed E-state index contributed by atoms with van der Waals surface area (Å²) in [6.07, 6.45) is 0.264. The fourth-order valence-corrected chi connectivity index (χ4v) is 1.88. The van der Waals surface area contributed by atoms with Gasteiger partial charge < -0.3 is 10.1 Å². The van der Waals surface area contributed by atoms with Crippen molar-refractivity contribution >= 4 is 0 Å². The van der Waals surface area contributed by atoms with Crippen LogP contribution in [0.5, 0.6) is 0 Å². The fourth-order valence-electron chi connectivity index (χ4n) is 1.88. The highest BCUT2D eigenvalue weighted by Gasteiger charge is 2.12. The summed E-state index contributed by atoms with van der Waals surface area (Å²) in [6.45, 7) is 11.9. The van der Waals surface area contributed by atoms with Crippen LogP contribution in [0.15, 0.2) is 12.1 Å². The van der Waals surface area contributed by atoms with Gasteiger partial charge in [0.2, 0.25) is 0 Å². The molecular weight excluding hydrogens is 212 g/mol. The van der Waals surface area contributed by atoms with Crippen LogP contribution < -0.4 is 5.32 Å². The molecule has 0 aliphatic heterocycles. The number of ether oxygens (including phenoxy) is 1. The normalized spacial score (nSPS) is 13.1. The molecule has 1 heterocycles. The van der Waals surface area contributed by atoms with Crippen LogP contribution in [0.25, 0.3) is 0 Å². The number of pyridine rings is 1. The number of nitrogens with zero attached hydrogens (tertiary/aromatic N) is 1. The molecule has 0 spiro atoms. The van der Waals surface area contributed by atoms with E-state index in [-0.39, 0.29) is 12.1 Å². The second-order valence-corrected chi connectivity index (χ2v) is 4.68. The van der Waals surface area contributed by atoms with Crippen molar-refractivity contribution in [3.63, 3.8) is 0 Å². The van der Waals surface area contributed by atoms with E-state index in [1.807, 2.05) is 13.8 Å². The summed E-state index contributed by atoms with van der Waals surface area (Å²) in [5.74, 6) is 0. The minimum Gasteiger partial charge on any atom is -0.377 e. The molecule has 0 fully saturated rings. The highest BCUT2D eigenvalue weighted by Crippen LogP contribution is 2.16. The van der Waals surface area contributed by atoms with Gasteiger partial charge in [-0.25, -0.2) is 0 Å². The van der Waals surface area contributed by atoms with Crippen LogP contribution >= 0.6 is 0 Å². The topological polar surface area (TPSA) is 34.1 Å². The average Bonchev–Trinajstić information content (AvgIpc) is 2.22. The Labute approximate surface area is 105 Å². The molecule has 0 saturated heterocycles. The van der Waals surface area contributed by atoms with E-state index < -0.39 is 0 Å². The quantitative estimate of drug-likeness (QED) is 0.824. The van der Waals surface area contributed by atoms with Crippen molar-refractivity contribution in [1.82, 2.24) is 10.3 Å². The Morgan fingerprint density at radius 2 is 1.82 bits per heavy atom. The van der Waals surface area contributed by atoms with Gasteiger partial charge in [0.1, 0.15) is 0 Å². The first-order chi connectivity index (χ1) is 8.02. The summed E-state index contributed by atoms with van der Waals surface area (Å²) in [4.78, 5) is 4.40. The van der Waals surface area contributed by atoms with Crippen molar-refractivity contribution in [2.75, 3.05) is 13.2 Å². The minimum absolute atomic E-state index is 0.253. The predicted octanol–water partition coefficient (Wildman–Crippen LogP) is 2.77. The third kappa shape index (κ3) is 4.84. The monoisotopic (exact) mass is 236 g/mol. The molecule has 0 radical (unpaired) electrons. The Morgan fingerprint density at radius 1 is 1.24 bits per heavy atom. The maximum atomic E-state index is 5.71.